The maximum Gasteiger partial charge on any atom is 0.0696 e. The zero-order valence-corrected chi connectivity index (χ0v) is 10.8. The zero-order chi connectivity index (χ0) is 12.1. The minimum absolute atomic E-state index is 0.0153. The second-order valence-corrected chi connectivity index (χ2v) is 5.06. The Morgan fingerprint density at radius 2 is 1.76 bits per heavy atom. The van der Waals surface area contributed by atoms with E-state index in [1.807, 2.05) is 36.4 Å². The van der Waals surface area contributed by atoms with E-state index in [2.05, 4.69) is 12.1 Å². The summed E-state index contributed by atoms with van der Waals surface area (Å²) in [5, 5.41) is 9.80. The summed E-state index contributed by atoms with van der Waals surface area (Å²) in [5.41, 5.74) is 2.05. The minimum atomic E-state index is -0.0153. The molecule has 0 unspecified atom stereocenters. The van der Waals surface area contributed by atoms with Gasteiger partial charge in [0.2, 0.25) is 0 Å². The zero-order valence-electron chi connectivity index (χ0n) is 9.27. The molecule has 2 aromatic carbocycles. The number of benzene rings is 2. The molecule has 0 aromatic heterocycles. The first-order valence-electron chi connectivity index (χ1n) is 5.36. The van der Waals surface area contributed by atoms with Crippen LogP contribution in [0.5, 0.6) is 0 Å². The van der Waals surface area contributed by atoms with Gasteiger partial charge in [0.05, 0.1) is 11.6 Å². The molecule has 0 aliphatic rings. The lowest BCUT2D eigenvalue weighted by Crippen LogP contribution is -1.87. The van der Waals surface area contributed by atoms with Crippen molar-refractivity contribution in [2.45, 2.75) is 17.3 Å². The molecule has 3 heteroatoms. The van der Waals surface area contributed by atoms with Crippen molar-refractivity contribution in [3.63, 3.8) is 0 Å². The van der Waals surface area contributed by atoms with E-state index in [0.29, 0.717) is 5.02 Å². The normalized spacial score (nSPS) is 10.5. The van der Waals surface area contributed by atoms with E-state index in [-0.39, 0.29) is 6.61 Å². The van der Waals surface area contributed by atoms with Gasteiger partial charge in [-0.25, -0.2) is 0 Å². The van der Waals surface area contributed by atoms with E-state index < -0.39 is 0 Å². The SMILES string of the molecule is OCc1cccc(SCc2ccccc2)c1Cl. The molecule has 0 saturated heterocycles. The molecule has 0 atom stereocenters. The average molecular weight is 265 g/mol. The largest absolute Gasteiger partial charge is 0.392 e. The molecule has 2 rings (SSSR count). The highest BCUT2D eigenvalue weighted by molar-refractivity contribution is 7.98. The molecule has 1 N–H and O–H groups in total. The van der Waals surface area contributed by atoms with Gasteiger partial charge in [0, 0.05) is 10.6 Å². The van der Waals surface area contributed by atoms with Gasteiger partial charge in [0.25, 0.3) is 0 Å². The van der Waals surface area contributed by atoms with E-state index in [1.165, 1.54) is 5.56 Å². The van der Waals surface area contributed by atoms with Gasteiger partial charge in [-0.1, -0.05) is 54.1 Å². The second kappa shape index (κ2) is 6.10. The summed E-state index contributed by atoms with van der Waals surface area (Å²) in [6.07, 6.45) is 0. The Kier molecular flexibility index (Phi) is 4.49. The summed E-state index contributed by atoms with van der Waals surface area (Å²) in [4.78, 5) is 1.02. The molecule has 2 aromatic rings. The number of hydrogen-bond donors (Lipinski definition) is 1. The van der Waals surface area contributed by atoms with Crippen molar-refractivity contribution < 1.29 is 5.11 Å². The Balaban J connectivity index is 2.09. The van der Waals surface area contributed by atoms with E-state index in [9.17, 15) is 0 Å². The van der Waals surface area contributed by atoms with Gasteiger partial charge in [-0.15, -0.1) is 11.8 Å². The Morgan fingerprint density at radius 1 is 1.00 bits per heavy atom. The lowest BCUT2D eigenvalue weighted by molar-refractivity contribution is 0.281. The van der Waals surface area contributed by atoms with Crippen LogP contribution in [-0.2, 0) is 12.4 Å². The van der Waals surface area contributed by atoms with Crippen molar-refractivity contribution in [3.05, 3.63) is 64.7 Å². The highest BCUT2D eigenvalue weighted by atomic mass is 35.5. The van der Waals surface area contributed by atoms with Crippen LogP contribution in [0.2, 0.25) is 5.02 Å². The number of aliphatic hydroxyl groups is 1. The molecule has 0 spiro atoms. The lowest BCUT2D eigenvalue weighted by Gasteiger charge is -2.07. The van der Waals surface area contributed by atoms with Gasteiger partial charge < -0.3 is 5.11 Å². The van der Waals surface area contributed by atoms with Crippen LogP contribution in [0.4, 0.5) is 0 Å². The quantitative estimate of drug-likeness (QED) is 0.838. The molecule has 0 fully saturated rings. The van der Waals surface area contributed by atoms with Crippen molar-refractivity contribution in [2.75, 3.05) is 0 Å². The molecular weight excluding hydrogens is 252 g/mol. The molecule has 0 radical (unpaired) electrons. The molecule has 0 amide bonds. The number of rotatable bonds is 4. The summed E-state index contributed by atoms with van der Waals surface area (Å²) >= 11 is 7.88. The van der Waals surface area contributed by atoms with Crippen LogP contribution >= 0.6 is 23.4 Å². The van der Waals surface area contributed by atoms with Gasteiger partial charge in [0.15, 0.2) is 0 Å². The molecule has 0 aliphatic heterocycles. The van der Waals surface area contributed by atoms with E-state index in [1.54, 1.807) is 11.8 Å². The predicted molar refractivity (Wildman–Crippen MR) is 73.4 cm³/mol. The molecule has 0 heterocycles. The fraction of sp³-hybridized carbons (Fsp3) is 0.143. The fourth-order valence-corrected chi connectivity index (χ4v) is 2.82. The highest BCUT2D eigenvalue weighted by Crippen LogP contribution is 2.32. The van der Waals surface area contributed by atoms with Crippen molar-refractivity contribution in [2.24, 2.45) is 0 Å². The van der Waals surface area contributed by atoms with Gasteiger partial charge in [-0.3, -0.25) is 0 Å². The second-order valence-electron chi connectivity index (χ2n) is 3.66. The van der Waals surface area contributed by atoms with Crippen molar-refractivity contribution in [1.29, 1.82) is 0 Å². The topological polar surface area (TPSA) is 20.2 Å². The number of hydrogen-bond acceptors (Lipinski definition) is 2. The molecule has 0 bridgehead atoms. The van der Waals surface area contributed by atoms with Gasteiger partial charge >= 0.3 is 0 Å². The Labute approximate surface area is 110 Å². The van der Waals surface area contributed by atoms with E-state index in [4.69, 9.17) is 16.7 Å². The Bertz CT molecular complexity index is 485. The number of halogens is 1. The summed E-state index contributed by atoms with van der Waals surface area (Å²) < 4.78 is 0. The first-order valence-corrected chi connectivity index (χ1v) is 6.72. The monoisotopic (exact) mass is 264 g/mol. The minimum Gasteiger partial charge on any atom is -0.392 e. The molecule has 88 valence electrons. The molecule has 1 nitrogen and oxygen atoms in total. The highest BCUT2D eigenvalue weighted by Gasteiger charge is 2.05. The average Bonchev–Trinajstić information content (AvgIpc) is 2.39. The van der Waals surface area contributed by atoms with Crippen molar-refractivity contribution in [3.8, 4) is 0 Å². The van der Waals surface area contributed by atoms with Gasteiger partial charge in [-0.2, -0.15) is 0 Å². The third-order valence-corrected chi connectivity index (χ3v) is 4.14. The first kappa shape index (κ1) is 12.5. The van der Waals surface area contributed by atoms with Crippen LogP contribution in [-0.4, -0.2) is 5.11 Å². The van der Waals surface area contributed by atoms with Crippen LogP contribution in [0.3, 0.4) is 0 Å². The van der Waals surface area contributed by atoms with Crippen LogP contribution in [0.15, 0.2) is 53.4 Å². The van der Waals surface area contributed by atoms with Crippen LogP contribution in [0, 0.1) is 0 Å². The van der Waals surface area contributed by atoms with Gasteiger partial charge in [-0.05, 0) is 17.2 Å². The Hall–Kier alpha value is -0.960. The first-order chi connectivity index (χ1) is 8.31. The molecule has 0 aliphatic carbocycles. The summed E-state index contributed by atoms with van der Waals surface area (Å²) in [6.45, 7) is -0.0153. The Morgan fingerprint density at radius 3 is 2.47 bits per heavy atom. The van der Waals surface area contributed by atoms with Crippen LogP contribution < -0.4 is 0 Å². The number of thioether (sulfide) groups is 1. The van der Waals surface area contributed by atoms with Crippen LogP contribution in [0.25, 0.3) is 0 Å². The lowest BCUT2D eigenvalue weighted by atomic mass is 10.2. The maximum absolute atomic E-state index is 9.13. The third kappa shape index (κ3) is 3.25. The summed E-state index contributed by atoms with van der Waals surface area (Å²) in [7, 11) is 0. The number of aliphatic hydroxyl groups excluding tert-OH is 1. The third-order valence-electron chi connectivity index (χ3n) is 2.45. The van der Waals surface area contributed by atoms with Crippen LogP contribution in [0.1, 0.15) is 11.1 Å². The molecular formula is C14H13ClOS. The summed E-state index contributed by atoms with van der Waals surface area (Å²) in [6, 6.07) is 16.0. The maximum atomic E-state index is 9.13. The van der Waals surface area contributed by atoms with E-state index >= 15 is 0 Å². The fourth-order valence-electron chi connectivity index (χ4n) is 1.53. The molecule has 0 saturated carbocycles. The smallest absolute Gasteiger partial charge is 0.0696 e. The van der Waals surface area contributed by atoms with E-state index in [0.717, 1.165) is 16.2 Å². The van der Waals surface area contributed by atoms with Crippen molar-refractivity contribution in [1.82, 2.24) is 0 Å². The predicted octanol–water partition coefficient (Wildman–Crippen LogP) is 4.12. The summed E-state index contributed by atoms with van der Waals surface area (Å²) in [5.74, 6) is 0.884. The standard InChI is InChI=1S/C14H13ClOS/c15-14-12(9-16)7-4-8-13(14)17-10-11-5-2-1-3-6-11/h1-8,16H,9-10H2. The van der Waals surface area contributed by atoms with Crippen molar-refractivity contribution >= 4 is 23.4 Å². The van der Waals surface area contributed by atoms with Gasteiger partial charge in [0.1, 0.15) is 0 Å². The molecule has 17 heavy (non-hydrogen) atoms.